The van der Waals surface area contributed by atoms with E-state index >= 15 is 0 Å². The van der Waals surface area contributed by atoms with Gasteiger partial charge < -0.3 is 9.90 Å². The minimum Gasteiger partial charge on any atom is -0.545 e. The zero-order chi connectivity index (χ0) is 18.2. The normalized spacial score (nSPS) is 10.8. The Kier molecular flexibility index (Phi) is 6.77. The molecule has 0 saturated heterocycles. The molecule has 0 spiro atoms. The first kappa shape index (κ1) is 18.7. The second-order valence-corrected chi connectivity index (χ2v) is 6.64. The lowest BCUT2D eigenvalue weighted by Crippen LogP contribution is -2.24. The van der Waals surface area contributed by atoms with Crippen LogP contribution in [0.1, 0.15) is 32.6 Å². The molecule has 1 amide bonds. The van der Waals surface area contributed by atoms with E-state index in [4.69, 9.17) is 0 Å². The highest BCUT2D eigenvalue weighted by molar-refractivity contribution is 7.99. The fourth-order valence-electron chi connectivity index (χ4n) is 2.42. The monoisotopic (exact) mass is 355 g/mol. The standard InChI is InChI=1S/C19H20N2O3S/c1-13-7-14(2)9-15(8-13)11-25-12-18(22)21-20-10-16-5-3-4-6-17(16)19(23)24/h3-10H,11-12H2,1-2H3,(H,21,22)(H,23,24)/p-1/b20-10-. The maximum Gasteiger partial charge on any atom is 0.250 e. The van der Waals surface area contributed by atoms with Crippen LogP contribution < -0.4 is 10.5 Å². The summed E-state index contributed by atoms with van der Waals surface area (Å²) in [5.41, 5.74) is 6.41. The van der Waals surface area contributed by atoms with Crippen molar-refractivity contribution in [2.75, 3.05) is 5.75 Å². The van der Waals surface area contributed by atoms with Gasteiger partial charge in [-0.1, -0.05) is 53.6 Å². The average Bonchev–Trinajstić information content (AvgIpc) is 2.54. The summed E-state index contributed by atoms with van der Waals surface area (Å²) in [5.74, 6) is -0.506. The third-order valence-electron chi connectivity index (χ3n) is 3.36. The fourth-order valence-corrected chi connectivity index (χ4v) is 3.17. The Morgan fingerprint density at radius 3 is 2.52 bits per heavy atom. The second-order valence-electron chi connectivity index (χ2n) is 5.66. The van der Waals surface area contributed by atoms with Crippen LogP contribution in [0, 0.1) is 13.8 Å². The first-order chi connectivity index (χ1) is 12.0. The highest BCUT2D eigenvalue weighted by atomic mass is 32.2. The molecule has 130 valence electrons. The van der Waals surface area contributed by atoms with E-state index in [1.807, 2.05) is 13.8 Å². The van der Waals surface area contributed by atoms with Crippen LogP contribution in [0.3, 0.4) is 0 Å². The lowest BCUT2D eigenvalue weighted by Gasteiger charge is -2.06. The van der Waals surface area contributed by atoms with Crippen LogP contribution >= 0.6 is 11.8 Å². The molecule has 0 aliphatic rings. The van der Waals surface area contributed by atoms with Crippen molar-refractivity contribution in [1.29, 1.82) is 0 Å². The minimum absolute atomic E-state index is 0.0321. The van der Waals surface area contributed by atoms with Crippen molar-refractivity contribution < 1.29 is 14.7 Å². The smallest absolute Gasteiger partial charge is 0.250 e. The predicted molar refractivity (Wildman–Crippen MR) is 98.6 cm³/mol. The van der Waals surface area contributed by atoms with E-state index in [9.17, 15) is 14.7 Å². The molecule has 5 nitrogen and oxygen atoms in total. The van der Waals surface area contributed by atoms with Crippen molar-refractivity contribution in [2.45, 2.75) is 19.6 Å². The number of carbonyl (C=O) groups excluding carboxylic acids is 2. The Hall–Kier alpha value is -2.60. The van der Waals surface area contributed by atoms with Crippen molar-refractivity contribution in [1.82, 2.24) is 5.43 Å². The number of nitrogens with one attached hydrogen (secondary N) is 1. The van der Waals surface area contributed by atoms with Crippen LogP contribution in [0.25, 0.3) is 0 Å². The summed E-state index contributed by atoms with van der Waals surface area (Å²) in [6, 6.07) is 12.6. The summed E-state index contributed by atoms with van der Waals surface area (Å²) in [7, 11) is 0. The molecule has 0 saturated carbocycles. The van der Waals surface area contributed by atoms with Crippen molar-refractivity contribution in [3.05, 3.63) is 70.3 Å². The number of hydrogen-bond acceptors (Lipinski definition) is 5. The van der Waals surface area contributed by atoms with E-state index in [2.05, 4.69) is 28.7 Å². The molecule has 2 aromatic rings. The van der Waals surface area contributed by atoms with E-state index < -0.39 is 5.97 Å². The molecule has 0 heterocycles. The zero-order valence-electron chi connectivity index (χ0n) is 14.1. The number of rotatable bonds is 7. The van der Waals surface area contributed by atoms with Crippen molar-refractivity contribution >= 4 is 29.9 Å². The van der Waals surface area contributed by atoms with Crippen LogP contribution in [0.5, 0.6) is 0 Å². The highest BCUT2D eigenvalue weighted by Gasteiger charge is 2.03. The van der Waals surface area contributed by atoms with Gasteiger partial charge in [0.1, 0.15) is 0 Å². The summed E-state index contributed by atoms with van der Waals surface area (Å²) < 4.78 is 0. The number of benzene rings is 2. The molecule has 0 aliphatic carbocycles. The number of thioether (sulfide) groups is 1. The average molecular weight is 355 g/mol. The van der Waals surface area contributed by atoms with Gasteiger partial charge in [0.25, 0.3) is 0 Å². The lowest BCUT2D eigenvalue weighted by molar-refractivity contribution is -0.255. The number of nitrogens with zero attached hydrogens (tertiary/aromatic N) is 1. The van der Waals surface area contributed by atoms with Gasteiger partial charge in [0, 0.05) is 16.9 Å². The number of amides is 1. The van der Waals surface area contributed by atoms with Gasteiger partial charge in [-0.25, -0.2) is 5.43 Å². The Morgan fingerprint density at radius 1 is 1.16 bits per heavy atom. The van der Waals surface area contributed by atoms with Crippen molar-refractivity contribution in [2.24, 2.45) is 5.10 Å². The van der Waals surface area contributed by atoms with Crippen LogP contribution in [0.4, 0.5) is 0 Å². The summed E-state index contributed by atoms with van der Waals surface area (Å²) in [4.78, 5) is 22.8. The second kappa shape index (κ2) is 9.03. The van der Waals surface area contributed by atoms with E-state index in [0.29, 0.717) is 5.56 Å². The lowest BCUT2D eigenvalue weighted by atomic mass is 10.1. The van der Waals surface area contributed by atoms with E-state index in [1.165, 1.54) is 40.7 Å². The quantitative estimate of drug-likeness (QED) is 0.609. The highest BCUT2D eigenvalue weighted by Crippen LogP contribution is 2.15. The molecular weight excluding hydrogens is 336 g/mol. The first-order valence-electron chi connectivity index (χ1n) is 7.73. The van der Waals surface area contributed by atoms with Crippen LogP contribution in [-0.4, -0.2) is 23.8 Å². The van der Waals surface area contributed by atoms with Gasteiger partial charge in [0.05, 0.1) is 17.9 Å². The number of hydrogen-bond donors (Lipinski definition) is 1. The third-order valence-corrected chi connectivity index (χ3v) is 4.36. The van der Waals surface area contributed by atoms with Gasteiger partial charge in [-0.15, -0.1) is 11.8 Å². The van der Waals surface area contributed by atoms with Gasteiger partial charge >= 0.3 is 0 Å². The van der Waals surface area contributed by atoms with Crippen LogP contribution in [0.2, 0.25) is 0 Å². The number of carbonyl (C=O) groups is 2. The van der Waals surface area contributed by atoms with E-state index in [1.54, 1.807) is 18.2 Å². The number of carboxylic acid groups (broad SMARTS) is 1. The van der Waals surface area contributed by atoms with Gasteiger partial charge in [-0.2, -0.15) is 5.10 Å². The molecule has 25 heavy (non-hydrogen) atoms. The van der Waals surface area contributed by atoms with Gasteiger partial charge in [-0.3, -0.25) is 4.79 Å². The topological polar surface area (TPSA) is 81.6 Å². The summed E-state index contributed by atoms with van der Waals surface area (Å²) in [6.07, 6.45) is 1.30. The van der Waals surface area contributed by atoms with Gasteiger partial charge in [0.2, 0.25) is 5.91 Å². The van der Waals surface area contributed by atoms with Gasteiger partial charge in [-0.05, 0) is 19.4 Å². The largest absolute Gasteiger partial charge is 0.545 e. The van der Waals surface area contributed by atoms with Crippen molar-refractivity contribution in [3.8, 4) is 0 Å². The van der Waals surface area contributed by atoms with Crippen molar-refractivity contribution in [3.63, 3.8) is 0 Å². The molecular formula is C19H19N2O3S-. The van der Waals surface area contributed by atoms with Crippen LogP contribution in [-0.2, 0) is 10.5 Å². The molecule has 2 rings (SSSR count). The Morgan fingerprint density at radius 2 is 1.84 bits per heavy atom. The zero-order valence-corrected chi connectivity index (χ0v) is 14.9. The Bertz CT molecular complexity index is 783. The number of hydrazone groups is 1. The first-order valence-corrected chi connectivity index (χ1v) is 8.88. The summed E-state index contributed by atoms with van der Waals surface area (Å²) >= 11 is 1.50. The third kappa shape index (κ3) is 6.08. The molecule has 0 aromatic heterocycles. The maximum atomic E-state index is 11.8. The molecule has 0 radical (unpaired) electrons. The molecule has 2 aromatic carbocycles. The minimum atomic E-state index is -1.28. The number of aryl methyl sites for hydroxylation is 2. The van der Waals surface area contributed by atoms with E-state index in [-0.39, 0.29) is 17.2 Å². The SMILES string of the molecule is Cc1cc(C)cc(CSCC(=O)N/N=C\c2ccccc2C(=O)[O-])c1. The molecule has 0 unspecified atom stereocenters. The fraction of sp³-hybridized carbons (Fsp3) is 0.211. The number of aromatic carboxylic acids is 1. The molecule has 0 atom stereocenters. The molecule has 0 fully saturated rings. The van der Waals surface area contributed by atoms with Gasteiger partial charge in [0.15, 0.2) is 0 Å². The predicted octanol–water partition coefficient (Wildman–Crippen LogP) is 2.05. The maximum absolute atomic E-state index is 11.8. The Labute approximate surface area is 151 Å². The summed E-state index contributed by atoms with van der Waals surface area (Å²) in [6.45, 7) is 4.10. The summed E-state index contributed by atoms with van der Waals surface area (Å²) in [5, 5.41) is 14.8. The Balaban J connectivity index is 1.82. The molecule has 1 N–H and O–H groups in total. The molecule has 0 aliphatic heterocycles. The van der Waals surface area contributed by atoms with E-state index in [0.717, 1.165) is 5.75 Å². The molecule has 0 bridgehead atoms. The number of carboxylic acids is 1. The van der Waals surface area contributed by atoms with Crippen LogP contribution in [0.15, 0.2) is 47.6 Å². The molecule has 6 heteroatoms.